The third kappa shape index (κ3) is 1.72. The maximum absolute atomic E-state index is 11.4. The first kappa shape index (κ1) is 10.1. The number of primary amides is 1. The molecule has 0 spiro atoms. The van der Waals surface area contributed by atoms with Crippen molar-refractivity contribution < 1.29 is 4.79 Å². The average Bonchev–Trinajstić information content (AvgIpc) is 2.56. The number of nitrogens with two attached hydrogens (primary N) is 1. The molecular weight excluding hydrogens is 208 g/mol. The van der Waals surface area contributed by atoms with Gasteiger partial charge < -0.3 is 5.73 Å². The molecule has 0 radical (unpaired) electrons. The van der Waals surface area contributed by atoms with Crippen LogP contribution in [0.25, 0.3) is 10.1 Å². The van der Waals surface area contributed by atoms with Gasteiger partial charge in [0.25, 0.3) is 0 Å². The summed E-state index contributed by atoms with van der Waals surface area (Å²) in [5, 5.41) is 0.936. The Balaban J connectivity index is 2.69. The molecule has 0 saturated heterocycles. The molecule has 3 nitrogen and oxygen atoms in total. The maximum atomic E-state index is 11.4. The molecule has 0 atom stereocenters. The summed E-state index contributed by atoms with van der Waals surface area (Å²) >= 11 is 1.61. The van der Waals surface area contributed by atoms with Gasteiger partial charge >= 0.3 is 0 Å². The highest BCUT2D eigenvalue weighted by atomic mass is 32.1. The molecule has 2 aromatic heterocycles. The van der Waals surface area contributed by atoms with Crippen LogP contribution in [0.2, 0.25) is 0 Å². The summed E-state index contributed by atoms with van der Waals surface area (Å²) in [6, 6.07) is 1.85. The average molecular weight is 220 g/mol. The number of fused-ring (bicyclic) bond motifs is 1. The molecule has 2 heterocycles. The molecule has 1 amide bonds. The first-order valence-corrected chi connectivity index (χ1v) is 5.71. The fraction of sp³-hybridized carbons (Fsp3) is 0.273. The Morgan fingerprint density at radius 1 is 1.60 bits per heavy atom. The van der Waals surface area contributed by atoms with Crippen molar-refractivity contribution in [2.24, 2.45) is 5.73 Å². The van der Waals surface area contributed by atoms with Crippen LogP contribution < -0.4 is 5.73 Å². The number of thiophene rings is 1. The van der Waals surface area contributed by atoms with Gasteiger partial charge in [0, 0.05) is 22.7 Å². The Labute approximate surface area is 91.9 Å². The zero-order valence-electron chi connectivity index (χ0n) is 8.49. The van der Waals surface area contributed by atoms with E-state index in [1.165, 1.54) is 0 Å². The summed E-state index contributed by atoms with van der Waals surface area (Å²) < 4.78 is 1.04. The number of nitrogens with zero attached hydrogens (tertiary/aromatic N) is 1. The molecule has 0 aliphatic heterocycles. The molecule has 0 saturated carbocycles. The SMILES string of the molecule is CCCc1sc2cnccc2c1C(N)=O. The number of aryl methyl sites for hydroxylation is 1. The number of hydrogen-bond donors (Lipinski definition) is 1. The summed E-state index contributed by atoms with van der Waals surface area (Å²) in [6.45, 7) is 2.09. The first-order valence-electron chi connectivity index (χ1n) is 4.89. The summed E-state index contributed by atoms with van der Waals surface area (Å²) in [7, 11) is 0. The monoisotopic (exact) mass is 220 g/mol. The van der Waals surface area contributed by atoms with Gasteiger partial charge in [-0.1, -0.05) is 13.3 Å². The minimum absolute atomic E-state index is 0.337. The lowest BCUT2D eigenvalue weighted by atomic mass is 10.1. The van der Waals surface area contributed by atoms with Gasteiger partial charge in [-0.15, -0.1) is 11.3 Å². The molecule has 0 bridgehead atoms. The van der Waals surface area contributed by atoms with E-state index in [0.717, 1.165) is 27.8 Å². The number of pyridine rings is 1. The Hall–Kier alpha value is -1.42. The minimum Gasteiger partial charge on any atom is -0.366 e. The second kappa shape index (κ2) is 3.98. The predicted octanol–water partition coefficient (Wildman–Crippen LogP) is 2.35. The fourth-order valence-electron chi connectivity index (χ4n) is 1.68. The van der Waals surface area contributed by atoms with E-state index in [0.29, 0.717) is 5.56 Å². The van der Waals surface area contributed by atoms with Crippen LogP contribution in [-0.4, -0.2) is 10.9 Å². The van der Waals surface area contributed by atoms with Gasteiger partial charge in [0.2, 0.25) is 5.91 Å². The summed E-state index contributed by atoms with van der Waals surface area (Å²) in [5.74, 6) is -0.337. The topological polar surface area (TPSA) is 56.0 Å². The van der Waals surface area contributed by atoms with Crippen molar-refractivity contribution in [1.29, 1.82) is 0 Å². The third-order valence-corrected chi connectivity index (χ3v) is 3.49. The van der Waals surface area contributed by atoms with Crippen LogP contribution >= 0.6 is 11.3 Å². The van der Waals surface area contributed by atoms with E-state index in [9.17, 15) is 4.79 Å². The van der Waals surface area contributed by atoms with E-state index >= 15 is 0 Å². The van der Waals surface area contributed by atoms with Gasteiger partial charge in [-0.2, -0.15) is 0 Å². The standard InChI is InChI=1S/C11H12N2OS/c1-2-3-8-10(11(12)14)7-4-5-13-6-9(7)15-8/h4-6H,2-3H2,1H3,(H2,12,14). The molecule has 15 heavy (non-hydrogen) atoms. The molecule has 2 N–H and O–H groups in total. The van der Waals surface area contributed by atoms with Crippen molar-refractivity contribution in [2.45, 2.75) is 19.8 Å². The molecule has 4 heteroatoms. The van der Waals surface area contributed by atoms with E-state index in [4.69, 9.17) is 5.73 Å². The van der Waals surface area contributed by atoms with E-state index in [1.54, 1.807) is 23.7 Å². The normalized spacial score (nSPS) is 10.7. The second-order valence-corrected chi connectivity index (χ2v) is 4.52. The van der Waals surface area contributed by atoms with Crippen molar-refractivity contribution in [2.75, 3.05) is 0 Å². The largest absolute Gasteiger partial charge is 0.366 e. The Bertz CT molecular complexity index is 504. The molecule has 0 aromatic carbocycles. The van der Waals surface area contributed by atoms with Crippen LogP contribution in [0.15, 0.2) is 18.5 Å². The van der Waals surface area contributed by atoms with Gasteiger partial charge in [-0.25, -0.2) is 0 Å². The van der Waals surface area contributed by atoms with Gasteiger partial charge in [-0.3, -0.25) is 9.78 Å². The van der Waals surface area contributed by atoms with Gasteiger partial charge in [0.1, 0.15) is 0 Å². The van der Waals surface area contributed by atoms with Crippen LogP contribution in [-0.2, 0) is 6.42 Å². The van der Waals surface area contributed by atoms with Gasteiger partial charge in [0.15, 0.2) is 0 Å². The van der Waals surface area contributed by atoms with Crippen molar-refractivity contribution in [3.05, 3.63) is 28.9 Å². The van der Waals surface area contributed by atoms with E-state index in [2.05, 4.69) is 11.9 Å². The lowest BCUT2D eigenvalue weighted by Crippen LogP contribution is -2.12. The van der Waals surface area contributed by atoms with Crippen LogP contribution in [0.1, 0.15) is 28.6 Å². The first-order chi connectivity index (χ1) is 7.24. The predicted molar refractivity (Wildman–Crippen MR) is 62.1 cm³/mol. The van der Waals surface area contributed by atoms with Crippen LogP contribution in [0.4, 0.5) is 0 Å². The highest BCUT2D eigenvalue weighted by Crippen LogP contribution is 2.31. The third-order valence-electron chi connectivity index (χ3n) is 2.29. The summed E-state index contributed by atoms with van der Waals surface area (Å²) in [4.78, 5) is 16.5. The zero-order valence-corrected chi connectivity index (χ0v) is 9.30. The highest BCUT2D eigenvalue weighted by Gasteiger charge is 2.15. The highest BCUT2D eigenvalue weighted by molar-refractivity contribution is 7.19. The smallest absolute Gasteiger partial charge is 0.250 e. The Kier molecular flexibility index (Phi) is 2.68. The Morgan fingerprint density at radius 3 is 3.07 bits per heavy atom. The van der Waals surface area contributed by atoms with Gasteiger partial charge in [-0.05, 0) is 12.5 Å². The van der Waals surface area contributed by atoms with Crippen molar-refractivity contribution >= 4 is 27.3 Å². The van der Waals surface area contributed by atoms with Crippen LogP contribution in [0.5, 0.6) is 0 Å². The lowest BCUT2D eigenvalue weighted by Gasteiger charge is -1.97. The van der Waals surface area contributed by atoms with E-state index in [-0.39, 0.29) is 5.91 Å². The fourth-order valence-corrected chi connectivity index (χ4v) is 2.95. The number of rotatable bonds is 3. The van der Waals surface area contributed by atoms with Crippen molar-refractivity contribution in [1.82, 2.24) is 4.98 Å². The molecule has 0 fully saturated rings. The number of carbonyl (C=O) groups is 1. The molecular formula is C11H12N2OS. The van der Waals surface area contributed by atoms with Gasteiger partial charge in [0.05, 0.1) is 10.3 Å². The van der Waals surface area contributed by atoms with Crippen LogP contribution in [0, 0.1) is 0 Å². The van der Waals surface area contributed by atoms with E-state index in [1.807, 2.05) is 6.07 Å². The number of aromatic nitrogens is 1. The molecule has 0 aliphatic rings. The van der Waals surface area contributed by atoms with E-state index < -0.39 is 0 Å². The number of hydrogen-bond acceptors (Lipinski definition) is 3. The molecule has 0 aliphatic carbocycles. The molecule has 78 valence electrons. The second-order valence-electron chi connectivity index (χ2n) is 3.39. The lowest BCUT2D eigenvalue weighted by molar-refractivity contribution is 0.100. The zero-order chi connectivity index (χ0) is 10.8. The summed E-state index contributed by atoms with van der Waals surface area (Å²) in [5.41, 5.74) is 6.08. The van der Waals surface area contributed by atoms with Crippen molar-refractivity contribution in [3.63, 3.8) is 0 Å². The Morgan fingerprint density at radius 2 is 2.40 bits per heavy atom. The maximum Gasteiger partial charge on any atom is 0.250 e. The summed E-state index contributed by atoms with van der Waals surface area (Å²) in [6.07, 6.45) is 5.39. The molecule has 0 unspecified atom stereocenters. The van der Waals surface area contributed by atoms with Crippen LogP contribution in [0.3, 0.4) is 0 Å². The van der Waals surface area contributed by atoms with Crippen molar-refractivity contribution in [3.8, 4) is 0 Å². The number of carbonyl (C=O) groups excluding carboxylic acids is 1. The quantitative estimate of drug-likeness (QED) is 0.863. The molecule has 2 rings (SSSR count). The minimum atomic E-state index is -0.337. The number of amides is 1. The molecule has 2 aromatic rings.